The first-order valence-electron chi connectivity index (χ1n) is 4.79. The number of carboxylic acids is 1. The Morgan fingerprint density at radius 3 is 2.94 bits per heavy atom. The number of nitrogens with one attached hydrogen (secondary N) is 1. The van der Waals surface area contributed by atoms with Crippen LogP contribution in [0.15, 0.2) is 33.4 Å². The molecule has 1 aromatic heterocycles. The standard InChI is InChI=1S/C11H9BrN2O3/c1-6-7(12)3-2-4-8(6)13-11-14-9(5-17-11)10(15)16/h2-5H,1H3,(H,13,14)(H,15,16). The maximum Gasteiger partial charge on any atom is 0.357 e. The predicted molar refractivity (Wildman–Crippen MR) is 65.6 cm³/mol. The Labute approximate surface area is 106 Å². The van der Waals surface area contributed by atoms with Gasteiger partial charge in [0.1, 0.15) is 6.26 Å². The number of hydrogen-bond acceptors (Lipinski definition) is 4. The molecule has 0 aliphatic rings. The van der Waals surface area contributed by atoms with Gasteiger partial charge in [-0.25, -0.2) is 4.79 Å². The van der Waals surface area contributed by atoms with E-state index >= 15 is 0 Å². The fourth-order valence-corrected chi connectivity index (χ4v) is 1.65. The molecule has 0 unspecified atom stereocenters. The smallest absolute Gasteiger partial charge is 0.357 e. The number of rotatable bonds is 3. The Kier molecular flexibility index (Phi) is 3.14. The Morgan fingerprint density at radius 2 is 2.29 bits per heavy atom. The average Bonchev–Trinajstić information content (AvgIpc) is 2.73. The minimum Gasteiger partial charge on any atom is -0.476 e. The van der Waals surface area contributed by atoms with Crippen molar-refractivity contribution in [1.82, 2.24) is 4.98 Å². The average molecular weight is 297 g/mol. The van der Waals surface area contributed by atoms with Gasteiger partial charge in [0.25, 0.3) is 6.01 Å². The predicted octanol–water partition coefficient (Wildman–Crippen LogP) is 3.19. The van der Waals surface area contributed by atoms with Crippen LogP contribution in [0.1, 0.15) is 16.1 Å². The van der Waals surface area contributed by atoms with E-state index in [9.17, 15) is 4.79 Å². The summed E-state index contributed by atoms with van der Waals surface area (Å²) >= 11 is 3.40. The summed E-state index contributed by atoms with van der Waals surface area (Å²) in [5.41, 5.74) is 1.67. The Morgan fingerprint density at radius 1 is 1.53 bits per heavy atom. The van der Waals surface area contributed by atoms with Crippen LogP contribution in [-0.4, -0.2) is 16.1 Å². The van der Waals surface area contributed by atoms with Crippen LogP contribution in [0.2, 0.25) is 0 Å². The molecule has 0 atom stereocenters. The van der Waals surface area contributed by atoms with Gasteiger partial charge in [0, 0.05) is 10.2 Å². The molecular formula is C11H9BrN2O3. The quantitative estimate of drug-likeness (QED) is 0.910. The summed E-state index contributed by atoms with van der Waals surface area (Å²) in [5, 5.41) is 11.6. The fraction of sp³-hybridized carbons (Fsp3) is 0.0909. The van der Waals surface area contributed by atoms with Gasteiger partial charge in [-0.15, -0.1) is 0 Å². The maximum atomic E-state index is 10.6. The molecule has 17 heavy (non-hydrogen) atoms. The molecular weight excluding hydrogens is 288 g/mol. The summed E-state index contributed by atoms with van der Waals surface area (Å²) < 4.78 is 5.96. The molecule has 0 radical (unpaired) electrons. The summed E-state index contributed by atoms with van der Waals surface area (Å²) in [6.07, 6.45) is 1.10. The molecule has 5 nitrogen and oxygen atoms in total. The number of carboxylic acid groups (broad SMARTS) is 1. The van der Waals surface area contributed by atoms with Crippen molar-refractivity contribution in [2.75, 3.05) is 5.32 Å². The van der Waals surface area contributed by atoms with E-state index in [0.29, 0.717) is 0 Å². The third-order valence-corrected chi connectivity index (χ3v) is 3.09. The van der Waals surface area contributed by atoms with Crippen molar-refractivity contribution in [3.8, 4) is 0 Å². The van der Waals surface area contributed by atoms with Crippen LogP contribution >= 0.6 is 15.9 Å². The van der Waals surface area contributed by atoms with Crippen molar-refractivity contribution < 1.29 is 14.3 Å². The molecule has 6 heteroatoms. The summed E-state index contributed by atoms with van der Waals surface area (Å²) in [7, 11) is 0. The van der Waals surface area contributed by atoms with Gasteiger partial charge in [-0.1, -0.05) is 22.0 Å². The van der Waals surface area contributed by atoms with Crippen LogP contribution in [-0.2, 0) is 0 Å². The number of benzene rings is 1. The van der Waals surface area contributed by atoms with Crippen molar-refractivity contribution in [1.29, 1.82) is 0 Å². The number of nitrogens with zero attached hydrogens (tertiary/aromatic N) is 1. The van der Waals surface area contributed by atoms with Gasteiger partial charge in [0.2, 0.25) is 0 Å². The third-order valence-electron chi connectivity index (χ3n) is 2.23. The summed E-state index contributed by atoms with van der Waals surface area (Å²) in [5.74, 6) is -1.12. The van der Waals surface area contributed by atoms with Crippen molar-refractivity contribution in [3.05, 3.63) is 40.2 Å². The van der Waals surface area contributed by atoms with Crippen LogP contribution in [0.5, 0.6) is 0 Å². The van der Waals surface area contributed by atoms with Crippen molar-refractivity contribution in [2.24, 2.45) is 0 Å². The largest absolute Gasteiger partial charge is 0.476 e. The lowest BCUT2D eigenvalue weighted by molar-refractivity contribution is 0.0690. The zero-order valence-corrected chi connectivity index (χ0v) is 10.5. The molecule has 0 aliphatic carbocycles. The molecule has 88 valence electrons. The van der Waals surface area contributed by atoms with Gasteiger partial charge in [-0.2, -0.15) is 4.98 Å². The number of hydrogen-bond donors (Lipinski definition) is 2. The van der Waals surface area contributed by atoms with E-state index in [-0.39, 0.29) is 11.7 Å². The number of aromatic nitrogens is 1. The number of anilines is 2. The molecule has 0 saturated carbocycles. The minimum absolute atomic E-state index is 0.125. The number of carbonyl (C=O) groups is 1. The van der Waals surface area contributed by atoms with Crippen LogP contribution in [0.25, 0.3) is 0 Å². The second-order valence-corrected chi connectivity index (χ2v) is 4.23. The van der Waals surface area contributed by atoms with E-state index < -0.39 is 5.97 Å². The van der Waals surface area contributed by atoms with E-state index in [1.165, 1.54) is 0 Å². The molecule has 2 rings (SSSR count). The molecule has 0 fully saturated rings. The second-order valence-electron chi connectivity index (χ2n) is 3.38. The Balaban J connectivity index is 2.25. The van der Waals surface area contributed by atoms with Crippen LogP contribution in [0.3, 0.4) is 0 Å². The highest BCUT2D eigenvalue weighted by molar-refractivity contribution is 9.10. The molecule has 0 aliphatic heterocycles. The van der Waals surface area contributed by atoms with Crippen molar-refractivity contribution in [2.45, 2.75) is 6.92 Å². The Bertz CT molecular complexity index is 566. The van der Waals surface area contributed by atoms with Gasteiger partial charge in [-0.3, -0.25) is 0 Å². The normalized spacial score (nSPS) is 10.2. The topological polar surface area (TPSA) is 75.4 Å². The van der Waals surface area contributed by atoms with E-state index in [2.05, 4.69) is 26.2 Å². The summed E-state index contributed by atoms with van der Waals surface area (Å²) in [4.78, 5) is 14.4. The third kappa shape index (κ3) is 2.47. The fourth-order valence-electron chi connectivity index (χ4n) is 1.29. The molecule has 1 aromatic carbocycles. The minimum atomic E-state index is -1.12. The van der Waals surface area contributed by atoms with E-state index in [4.69, 9.17) is 9.52 Å². The van der Waals surface area contributed by atoms with Gasteiger partial charge in [0.15, 0.2) is 5.69 Å². The molecule has 2 aromatic rings. The first kappa shape index (κ1) is 11.7. The Hall–Kier alpha value is -1.82. The summed E-state index contributed by atoms with van der Waals surface area (Å²) in [6, 6.07) is 5.79. The first-order chi connectivity index (χ1) is 8.08. The van der Waals surface area contributed by atoms with Crippen molar-refractivity contribution >= 4 is 33.6 Å². The van der Waals surface area contributed by atoms with E-state index in [1.54, 1.807) is 0 Å². The lowest BCUT2D eigenvalue weighted by Crippen LogP contribution is -1.98. The van der Waals surface area contributed by atoms with Gasteiger partial charge >= 0.3 is 5.97 Å². The van der Waals surface area contributed by atoms with Crippen LogP contribution in [0, 0.1) is 6.92 Å². The molecule has 0 amide bonds. The lowest BCUT2D eigenvalue weighted by atomic mass is 10.2. The maximum absolute atomic E-state index is 10.6. The molecule has 0 bridgehead atoms. The highest BCUT2D eigenvalue weighted by Gasteiger charge is 2.11. The highest BCUT2D eigenvalue weighted by Crippen LogP contribution is 2.26. The molecule has 2 N–H and O–H groups in total. The summed E-state index contributed by atoms with van der Waals surface area (Å²) in [6.45, 7) is 1.92. The zero-order chi connectivity index (χ0) is 12.4. The van der Waals surface area contributed by atoms with Crippen LogP contribution in [0.4, 0.5) is 11.7 Å². The highest BCUT2D eigenvalue weighted by atomic mass is 79.9. The second kappa shape index (κ2) is 4.58. The van der Waals surface area contributed by atoms with Gasteiger partial charge in [0.05, 0.1) is 0 Å². The van der Waals surface area contributed by atoms with Crippen molar-refractivity contribution in [3.63, 3.8) is 0 Å². The number of aromatic carboxylic acids is 1. The van der Waals surface area contributed by atoms with Crippen LogP contribution < -0.4 is 5.32 Å². The first-order valence-corrected chi connectivity index (χ1v) is 5.58. The monoisotopic (exact) mass is 296 g/mol. The van der Waals surface area contributed by atoms with E-state index in [0.717, 1.165) is 22.0 Å². The van der Waals surface area contributed by atoms with Gasteiger partial charge in [-0.05, 0) is 24.6 Å². The molecule has 0 saturated heterocycles. The lowest BCUT2D eigenvalue weighted by Gasteiger charge is -2.06. The van der Waals surface area contributed by atoms with E-state index in [1.807, 2.05) is 25.1 Å². The molecule has 0 spiro atoms. The SMILES string of the molecule is Cc1c(Br)cccc1Nc1nc(C(=O)O)co1. The molecule has 1 heterocycles. The number of oxazole rings is 1. The van der Waals surface area contributed by atoms with Gasteiger partial charge < -0.3 is 14.8 Å². The zero-order valence-electron chi connectivity index (χ0n) is 8.90. The number of halogens is 1.